The Bertz CT molecular complexity index is 310. The first-order valence-corrected chi connectivity index (χ1v) is 6.16. The van der Waals surface area contributed by atoms with Crippen LogP contribution in [0.3, 0.4) is 0 Å². The Morgan fingerprint density at radius 2 is 2.13 bits per heavy atom. The topological polar surface area (TPSA) is 63.7 Å². The summed E-state index contributed by atoms with van der Waals surface area (Å²) < 4.78 is 28.6. The molecule has 88 valence electrons. The molecule has 0 spiro atoms. The SMILES string of the molecule is C=CCN(C)S(=O)(=O)CCCC(=O)OC. The van der Waals surface area contributed by atoms with E-state index >= 15 is 0 Å². The fraction of sp³-hybridized carbons (Fsp3) is 0.667. The van der Waals surface area contributed by atoms with Crippen LogP contribution in [-0.2, 0) is 19.6 Å². The van der Waals surface area contributed by atoms with Gasteiger partial charge >= 0.3 is 5.97 Å². The number of hydrogen-bond donors (Lipinski definition) is 0. The number of methoxy groups -OCH3 is 1. The minimum absolute atomic E-state index is 0.0492. The van der Waals surface area contributed by atoms with Crippen molar-refractivity contribution in [2.75, 3.05) is 26.5 Å². The Labute approximate surface area is 90.8 Å². The van der Waals surface area contributed by atoms with E-state index in [1.165, 1.54) is 24.5 Å². The molecule has 0 heterocycles. The van der Waals surface area contributed by atoms with Crippen LogP contribution >= 0.6 is 0 Å². The molecule has 0 aliphatic heterocycles. The highest BCUT2D eigenvalue weighted by Gasteiger charge is 2.16. The molecule has 0 bridgehead atoms. The van der Waals surface area contributed by atoms with Crippen LogP contribution in [-0.4, -0.2) is 45.1 Å². The Morgan fingerprint density at radius 1 is 1.53 bits per heavy atom. The van der Waals surface area contributed by atoms with E-state index in [-0.39, 0.29) is 25.1 Å². The van der Waals surface area contributed by atoms with E-state index in [0.29, 0.717) is 0 Å². The highest BCUT2D eigenvalue weighted by atomic mass is 32.2. The summed E-state index contributed by atoms with van der Waals surface area (Å²) in [7, 11) is -0.512. The van der Waals surface area contributed by atoms with E-state index in [0.717, 1.165) is 0 Å². The van der Waals surface area contributed by atoms with Gasteiger partial charge in [0.15, 0.2) is 0 Å². The predicted molar refractivity (Wildman–Crippen MR) is 57.9 cm³/mol. The molecule has 6 heteroatoms. The quantitative estimate of drug-likeness (QED) is 0.473. The number of hydrogen-bond acceptors (Lipinski definition) is 4. The molecule has 15 heavy (non-hydrogen) atoms. The van der Waals surface area contributed by atoms with Crippen LogP contribution in [0.2, 0.25) is 0 Å². The van der Waals surface area contributed by atoms with Gasteiger partial charge in [0, 0.05) is 20.0 Å². The molecule has 0 atom stereocenters. The third kappa shape index (κ3) is 5.54. The second kappa shape index (κ2) is 6.58. The van der Waals surface area contributed by atoms with Crippen molar-refractivity contribution in [3.63, 3.8) is 0 Å². The molecule has 0 rings (SSSR count). The normalized spacial score (nSPS) is 11.4. The number of nitrogens with zero attached hydrogens (tertiary/aromatic N) is 1. The first-order valence-electron chi connectivity index (χ1n) is 4.55. The van der Waals surface area contributed by atoms with Crippen LogP contribution < -0.4 is 0 Å². The summed E-state index contributed by atoms with van der Waals surface area (Å²) in [6, 6.07) is 0. The molecule has 0 aliphatic carbocycles. The Hall–Kier alpha value is -0.880. The van der Waals surface area contributed by atoms with Gasteiger partial charge in [-0.2, -0.15) is 0 Å². The molecular formula is C9H17NO4S. The lowest BCUT2D eigenvalue weighted by molar-refractivity contribution is -0.140. The third-order valence-electron chi connectivity index (χ3n) is 1.87. The summed E-state index contributed by atoms with van der Waals surface area (Å²) in [5, 5.41) is 0. The smallest absolute Gasteiger partial charge is 0.305 e. The molecule has 0 saturated heterocycles. The van der Waals surface area contributed by atoms with Crippen LogP contribution in [0.5, 0.6) is 0 Å². The summed E-state index contributed by atoms with van der Waals surface area (Å²) in [5.41, 5.74) is 0. The summed E-state index contributed by atoms with van der Waals surface area (Å²) in [4.78, 5) is 10.7. The predicted octanol–water partition coefficient (Wildman–Crippen LogP) is 0.387. The van der Waals surface area contributed by atoms with Crippen molar-refractivity contribution in [2.24, 2.45) is 0 Å². The Balaban J connectivity index is 4.05. The summed E-state index contributed by atoms with van der Waals surface area (Å²) in [6.07, 6.45) is 1.91. The lowest BCUT2D eigenvalue weighted by atomic mass is 10.3. The van der Waals surface area contributed by atoms with Gasteiger partial charge in [0.2, 0.25) is 10.0 Å². The number of rotatable bonds is 7. The largest absolute Gasteiger partial charge is 0.469 e. The number of likely N-dealkylation sites (N-methyl/N-ethyl adjacent to an activating group) is 1. The number of carbonyl (C=O) groups is 1. The van der Waals surface area contributed by atoms with E-state index in [1.54, 1.807) is 0 Å². The molecule has 0 aromatic heterocycles. The number of ether oxygens (including phenoxy) is 1. The maximum Gasteiger partial charge on any atom is 0.305 e. The molecule has 0 fully saturated rings. The fourth-order valence-corrected chi connectivity index (χ4v) is 2.11. The van der Waals surface area contributed by atoms with E-state index in [1.807, 2.05) is 0 Å². The van der Waals surface area contributed by atoms with Crippen molar-refractivity contribution in [1.29, 1.82) is 0 Å². The van der Waals surface area contributed by atoms with E-state index in [4.69, 9.17) is 0 Å². The molecule has 5 nitrogen and oxygen atoms in total. The zero-order valence-electron chi connectivity index (χ0n) is 9.10. The zero-order valence-corrected chi connectivity index (χ0v) is 9.92. The van der Waals surface area contributed by atoms with Gasteiger partial charge in [0.25, 0.3) is 0 Å². The van der Waals surface area contributed by atoms with Gasteiger partial charge in [-0.3, -0.25) is 4.79 Å². The first-order chi connectivity index (χ1) is 6.94. The van der Waals surface area contributed by atoms with Gasteiger partial charge in [0.1, 0.15) is 0 Å². The summed E-state index contributed by atoms with van der Waals surface area (Å²) in [6.45, 7) is 3.73. The average molecular weight is 235 g/mol. The van der Waals surface area contributed by atoms with Gasteiger partial charge in [-0.15, -0.1) is 6.58 Å². The van der Waals surface area contributed by atoms with Gasteiger partial charge < -0.3 is 4.74 Å². The van der Waals surface area contributed by atoms with Gasteiger partial charge in [0.05, 0.1) is 12.9 Å². The summed E-state index contributed by atoms with van der Waals surface area (Å²) in [5.74, 6) is -0.441. The third-order valence-corrected chi connectivity index (χ3v) is 3.78. The van der Waals surface area contributed by atoms with Crippen LogP contribution in [0.15, 0.2) is 12.7 Å². The molecule has 0 N–H and O–H groups in total. The molecule has 0 saturated carbocycles. The molecule has 0 radical (unpaired) electrons. The Morgan fingerprint density at radius 3 is 2.60 bits per heavy atom. The van der Waals surface area contributed by atoms with Gasteiger partial charge in [-0.1, -0.05) is 6.08 Å². The highest BCUT2D eigenvalue weighted by Crippen LogP contribution is 2.03. The van der Waals surface area contributed by atoms with Crippen molar-refractivity contribution < 1.29 is 17.9 Å². The number of sulfonamides is 1. The monoisotopic (exact) mass is 235 g/mol. The fourth-order valence-electron chi connectivity index (χ4n) is 0.952. The van der Waals surface area contributed by atoms with Crippen molar-refractivity contribution >= 4 is 16.0 Å². The number of esters is 1. The van der Waals surface area contributed by atoms with E-state index in [2.05, 4.69) is 11.3 Å². The summed E-state index contributed by atoms with van der Waals surface area (Å²) >= 11 is 0. The maximum atomic E-state index is 11.5. The lowest BCUT2D eigenvalue weighted by Crippen LogP contribution is -2.29. The standard InChI is InChI=1S/C9H17NO4S/c1-4-7-10(2)15(12,13)8-5-6-9(11)14-3/h4H,1,5-8H2,2-3H3. The van der Waals surface area contributed by atoms with E-state index < -0.39 is 16.0 Å². The van der Waals surface area contributed by atoms with Gasteiger partial charge in [-0.25, -0.2) is 12.7 Å². The van der Waals surface area contributed by atoms with Crippen molar-refractivity contribution in [3.05, 3.63) is 12.7 Å². The molecule has 0 amide bonds. The van der Waals surface area contributed by atoms with Crippen molar-refractivity contribution in [3.8, 4) is 0 Å². The molecule has 0 aromatic carbocycles. The molecule has 0 unspecified atom stereocenters. The van der Waals surface area contributed by atoms with Crippen LogP contribution in [0, 0.1) is 0 Å². The number of carbonyl (C=O) groups excluding carboxylic acids is 1. The second-order valence-electron chi connectivity index (χ2n) is 3.06. The van der Waals surface area contributed by atoms with Crippen molar-refractivity contribution in [2.45, 2.75) is 12.8 Å². The van der Waals surface area contributed by atoms with Crippen LogP contribution in [0.1, 0.15) is 12.8 Å². The maximum absolute atomic E-state index is 11.5. The minimum atomic E-state index is -3.27. The first kappa shape index (κ1) is 14.1. The van der Waals surface area contributed by atoms with Gasteiger partial charge in [-0.05, 0) is 6.42 Å². The second-order valence-corrected chi connectivity index (χ2v) is 5.26. The zero-order chi connectivity index (χ0) is 11.9. The van der Waals surface area contributed by atoms with E-state index in [9.17, 15) is 13.2 Å². The lowest BCUT2D eigenvalue weighted by Gasteiger charge is -2.14. The minimum Gasteiger partial charge on any atom is -0.469 e. The molecule has 0 aliphatic rings. The highest BCUT2D eigenvalue weighted by molar-refractivity contribution is 7.89. The molecular weight excluding hydrogens is 218 g/mol. The molecule has 0 aromatic rings. The van der Waals surface area contributed by atoms with Crippen LogP contribution in [0.25, 0.3) is 0 Å². The van der Waals surface area contributed by atoms with Crippen molar-refractivity contribution in [1.82, 2.24) is 4.31 Å². The average Bonchev–Trinajstić information content (AvgIpc) is 2.17. The Kier molecular flexibility index (Phi) is 6.19. The van der Waals surface area contributed by atoms with Crippen LogP contribution in [0.4, 0.5) is 0 Å².